The fourth-order valence-corrected chi connectivity index (χ4v) is 2.67. The first-order chi connectivity index (χ1) is 8.83. The molecule has 1 saturated heterocycles. The lowest BCUT2D eigenvalue weighted by Gasteiger charge is -2.09. The molecule has 94 valence electrons. The number of ether oxygens (including phenoxy) is 1. The van der Waals surface area contributed by atoms with E-state index in [1.807, 2.05) is 0 Å². The minimum Gasteiger partial charge on any atom is -0.376 e. The number of hydrogen-bond donors (Lipinski definition) is 1. The van der Waals surface area contributed by atoms with Gasteiger partial charge < -0.3 is 10.1 Å². The van der Waals surface area contributed by atoms with Gasteiger partial charge in [0.25, 0.3) is 5.91 Å². The zero-order chi connectivity index (χ0) is 12.4. The smallest absolute Gasteiger partial charge is 0.280 e. The molecule has 1 N–H and O–H groups in total. The Morgan fingerprint density at radius 1 is 1.61 bits per heavy atom. The third-order valence-corrected chi connectivity index (χ3v) is 3.76. The molecule has 7 heteroatoms. The summed E-state index contributed by atoms with van der Waals surface area (Å²) in [6.45, 7) is 1.33. The van der Waals surface area contributed by atoms with Crippen LogP contribution >= 0.6 is 11.3 Å². The van der Waals surface area contributed by atoms with Gasteiger partial charge in [-0.05, 0) is 12.8 Å². The summed E-state index contributed by atoms with van der Waals surface area (Å²) in [6, 6.07) is 0. The van der Waals surface area contributed by atoms with Crippen LogP contribution in [-0.2, 0) is 4.74 Å². The molecular formula is C11H12N4O2S. The van der Waals surface area contributed by atoms with Crippen molar-refractivity contribution in [2.24, 2.45) is 0 Å². The standard InChI is InChI=1S/C11H12N4O2S/c16-9(13-4-7-2-1-3-17-7)11-15-8-5-12-6-14-10(8)18-11/h5-7H,1-4H2,(H,13,16). The molecule has 0 saturated carbocycles. The number of thiazole rings is 1. The van der Waals surface area contributed by atoms with Crippen LogP contribution in [0.5, 0.6) is 0 Å². The van der Waals surface area contributed by atoms with E-state index in [9.17, 15) is 4.79 Å². The first kappa shape index (κ1) is 11.5. The summed E-state index contributed by atoms with van der Waals surface area (Å²) in [4.78, 5) is 24.8. The van der Waals surface area contributed by atoms with E-state index in [2.05, 4.69) is 20.3 Å². The molecule has 0 radical (unpaired) electrons. The molecule has 1 atom stereocenters. The molecule has 1 aliphatic rings. The highest BCUT2D eigenvalue weighted by molar-refractivity contribution is 7.19. The van der Waals surface area contributed by atoms with Gasteiger partial charge in [-0.25, -0.2) is 15.0 Å². The third-order valence-electron chi connectivity index (χ3n) is 2.78. The summed E-state index contributed by atoms with van der Waals surface area (Å²) in [5.74, 6) is -0.173. The molecule has 18 heavy (non-hydrogen) atoms. The van der Waals surface area contributed by atoms with Gasteiger partial charge in [0.2, 0.25) is 0 Å². The van der Waals surface area contributed by atoms with Crippen molar-refractivity contribution >= 4 is 27.6 Å². The van der Waals surface area contributed by atoms with E-state index in [0.29, 0.717) is 17.1 Å². The normalized spacial score (nSPS) is 19.2. The van der Waals surface area contributed by atoms with Crippen molar-refractivity contribution in [1.82, 2.24) is 20.3 Å². The van der Waals surface area contributed by atoms with E-state index < -0.39 is 0 Å². The molecule has 1 unspecified atom stereocenters. The Balaban J connectivity index is 1.67. The van der Waals surface area contributed by atoms with Gasteiger partial charge in [0.15, 0.2) is 5.01 Å². The fraction of sp³-hybridized carbons (Fsp3) is 0.455. The van der Waals surface area contributed by atoms with E-state index in [1.165, 1.54) is 17.7 Å². The van der Waals surface area contributed by atoms with E-state index in [0.717, 1.165) is 24.3 Å². The van der Waals surface area contributed by atoms with Gasteiger partial charge in [-0.2, -0.15) is 0 Å². The molecule has 0 aromatic carbocycles. The molecule has 0 spiro atoms. The molecule has 1 amide bonds. The second-order valence-electron chi connectivity index (χ2n) is 4.08. The number of rotatable bonds is 3. The predicted molar refractivity (Wildman–Crippen MR) is 66.5 cm³/mol. The number of carbonyl (C=O) groups excluding carboxylic acids is 1. The zero-order valence-electron chi connectivity index (χ0n) is 9.63. The second kappa shape index (κ2) is 4.95. The summed E-state index contributed by atoms with van der Waals surface area (Å²) in [5, 5.41) is 3.26. The molecule has 0 bridgehead atoms. The maximum absolute atomic E-state index is 11.9. The fourth-order valence-electron chi connectivity index (χ4n) is 1.87. The van der Waals surface area contributed by atoms with Gasteiger partial charge in [0.05, 0.1) is 12.3 Å². The molecular weight excluding hydrogens is 252 g/mol. The molecule has 2 aromatic rings. The van der Waals surface area contributed by atoms with Crippen molar-refractivity contribution in [1.29, 1.82) is 0 Å². The van der Waals surface area contributed by atoms with Crippen molar-refractivity contribution < 1.29 is 9.53 Å². The molecule has 3 rings (SSSR count). The van der Waals surface area contributed by atoms with Crippen molar-refractivity contribution in [2.75, 3.05) is 13.2 Å². The number of amides is 1. The predicted octanol–water partition coefficient (Wildman–Crippen LogP) is 0.995. The molecule has 0 aliphatic carbocycles. The van der Waals surface area contributed by atoms with Gasteiger partial charge >= 0.3 is 0 Å². The van der Waals surface area contributed by atoms with E-state index in [-0.39, 0.29) is 12.0 Å². The largest absolute Gasteiger partial charge is 0.376 e. The highest BCUT2D eigenvalue weighted by atomic mass is 32.1. The Labute approximate surface area is 107 Å². The number of aromatic nitrogens is 3. The number of hydrogen-bond acceptors (Lipinski definition) is 6. The van der Waals surface area contributed by atoms with Gasteiger partial charge in [-0.15, -0.1) is 0 Å². The summed E-state index contributed by atoms with van der Waals surface area (Å²) in [7, 11) is 0. The van der Waals surface area contributed by atoms with Crippen LogP contribution in [0.1, 0.15) is 22.6 Å². The van der Waals surface area contributed by atoms with Crippen molar-refractivity contribution in [3.8, 4) is 0 Å². The molecule has 6 nitrogen and oxygen atoms in total. The molecule has 3 heterocycles. The summed E-state index contributed by atoms with van der Waals surface area (Å²) in [5.41, 5.74) is 0.657. The monoisotopic (exact) mass is 264 g/mol. The van der Waals surface area contributed by atoms with E-state index in [4.69, 9.17) is 4.74 Å². The van der Waals surface area contributed by atoms with Crippen LogP contribution in [0.3, 0.4) is 0 Å². The maximum atomic E-state index is 11.9. The lowest BCUT2D eigenvalue weighted by Crippen LogP contribution is -2.31. The molecule has 1 aliphatic heterocycles. The Kier molecular flexibility index (Phi) is 3.16. The molecule has 2 aromatic heterocycles. The average Bonchev–Trinajstić information content (AvgIpc) is 3.04. The number of nitrogens with one attached hydrogen (secondary N) is 1. The maximum Gasteiger partial charge on any atom is 0.280 e. The first-order valence-corrected chi connectivity index (χ1v) is 6.61. The highest BCUT2D eigenvalue weighted by Gasteiger charge is 2.18. The number of carbonyl (C=O) groups is 1. The van der Waals surface area contributed by atoms with Crippen LogP contribution < -0.4 is 5.32 Å². The quantitative estimate of drug-likeness (QED) is 0.894. The van der Waals surface area contributed by atoms with Crippen LogP contribution in [0.15, 0.2) is 12.5 Å². The zero-order valence-corrected chi connectivity index (χ0v) is 10.4. The van der Waals surface area contributed by atoms with Gasteiger partial charge in [-0.1, -0.05) is 11.3 Å². The third kappa shape index (κ3) is 2.32. The van der Waals surface area contributed by atoms with Crippen LogP contribution in [0.4, 0.5) is 0 Å². The van der Waals surface area contributed by atoms with Crippen LogP contribution in [0.2, 0.25) is 0 Å². The van der Waals surface area contributed by atoms with Crippen molar-refractivity contribution in [3.63, 3.8) is 0 Å². The lowest BCUT2D eigenvalue weighted by molar-refractivity contribution is 0.0857. The highest BCUT2D eigenvalue weighted by Crippen LogP contribution is 2.18. The minimum absolute atomic E-state index is 0.142. The van der Waals surface area contributed by atoms with E-state index >= 15 is 0 Å². The minimum atomic E-state index is -0.173. The van der Waals surface area contributed by atoms with Crippen LogP contribution in [-0.4, -0.2) is 40.1 Å². The van der Waals surface area contributed by atoms with Gasteiger partial charge in [-0.3, -0.25) is 4.79 Å². The van der Waals surface area contributed by atoms with Crippen molar-refractivity contribution in [2.45, 2.75) is 18.9 Å². The average molecular weight is 264 g/mol. The number of fused-ring (bicyclic) bond motifs is 1. The second-order valence-corrected chi connectivity index (χ2v) is 5.05. The Morgan fingerprint density at radius 2 is 2.56 bits per heavy atom. The summed E-state index contributed by atoms with van der Waals surface area (Å²) >= 11 is 1.27. The van der Waals surface area contributed by atoms with Crippen LogP contribution in [0.25, 0.3) is 10.3 Å². The summed E-state index contributed by atoms with van der Waals surface area (Å²) < 4.78 is 5.44. The SMILES string of the molecule is O=C(NCC1CCCO1)c1nc2cncnc2s1. The van der Waals surface area contributed by atoms with Crippen LogP contribution in [0, 0.1) is 0 Å². The summed E-state index contributed by atoms with van der Waals surface area (Å²) in [6.07, 6.45) is 5.27. The first-order valence-electron chi connectivity index (χ1n) is 5.79. The lowest BCUT2D eigenvalue weighted by atomic mass is 10.2. The topological polar surface area (TPSA) is 77.0 Å². The number of nitrogens with zero attached hydrogens (tertiary/aromatic N) is 3. The Hall–Kier alpha value is -1.60. The Morgan fingerprint density at radius 3 is 3.33 bits per heavy atom. The molecule has 1 fully saturated rings. The van der Waals surface area contributed by atoms with Gasteiger partial charge in [0, 0.05) is 13.2 Å². The van der Waals surface area contributed by atoms with E-state index in [1.54, 1.807) is 6.20 Å². The van der Waals surface area contributed by atoms with Gasteiger partial charge in [0.1, 0.15) is 16.7 Å². The Bertz CT molecular complexity index is 532. The van der Waals surface area contributed by atoms with Crippen molar-refractivity contribution in [3.05, 3.63) is 17.5 Å².